The molecule has 0 spiro atoms. The molecule has 0 aromatic carbocycles. The van der Waals surface area contributed by atoms with E-state index in [1.807, 2.05) is 0 Å². The van der Waals surface area contributed by atoms with E-state index in [0.717, 1.165) is 0 Å². The summed E-state index contributed by atoms with van der Waals surface area (Å²) in [6.45, 7) is 4.76. The summed E-state index contributed by atoms with van der Waals surface area (Å²) in [7, 11) is 0.330. The zero-order valence-corrected chi connectivity index (χ0v) is 4.55. The van der Waals surface area contributed by atoms with Crippen molar-refractivity contribution >= 4 is 13.7 Å². The Morgan fingerprint density at radius 1 is 1.88 bits per heavy atom. The zero-order valence-electron chi connectivity index (χ0n) is 4.55. The molecule has 0 aromatic rings. The molecule has 0 aliphatic rings. The Kier molecular flexibility index (Phi) is 2.95. The summed E-state index contributed by atoms with van der Waals surface area (Å²) in [5.41, 5.74) is 0.260. The summed E-state index contributed by atoms with van der Waals surface area (Å²) in [5, 5.41) is 7.88. The Morgan fingerprint density at radius 2 is 2.38 bits per heavy atom. The Labute approximate surface area is 48.3 Å². The summed E-state index contributed by atoms with van der Waals surface area (Å²) >= 11 is 0. The molecule has 0 saturated heterocycles. The normalized spacial score (nSPS) is 7.75. The van der Waals surface area contributed by atoms with Gasteiger partial charge in [0.25, 0.3) is 0 Å². The summed E-state index contributed by atoms with van der Waals surface area (Å²) in [5.74, 6) is -0.618. The number of hydrogen-bond donors (Lipinski definition) is 1. The largest absolute Gasteiger partial charge is 0.571 e. The highest BCUT2D eigenvalue weighted by Crippen LogP contribution is 1.88. The predicted octanol–water partition coefficient (Wildman–Crippen LogP) is -0.368. The first-order chi connectivity index (χ1) is 3.68. The van der Waals surface area contributed by atoms with Gasteiger partial charge in [0.15, 0.2) is 0 Å². The van der Waals surface area contributed by atoms with Crippen LogP contribution in [0.15, 0.2) is 12.2 Å². The molecule has 0 fully saturated rings. The average molecular weight is 113 g/mol. The minimum Gasteiger partial charge on any atom is -0.507 e. The molecule has 0 saturated carbocycles. The van der Waals surface area contributed by atoms with Crippen molar-refractivity contribution in [1.29, 1.82) is 0 Å². The molecule has 0 amide bonds. The van der Waals surface area contributed by atoms with Gasteiger partial charge in [0.05, 0.1) is 0 Å². The van der Waals surface area contributed by atoms with E-state index in [1.165, 1.54) is 6.92 Å². The number of rotatable bonds is 2. The van der Waals surface area contributed by atoms with Crippen LogP contribution >= 0.6 is 0 Å². The minimum atomic E-state index is -0.618. The van der Waals surface area contributed by atoms with Crippen molar-refractivity contribution in [3.05, 3.63) is 12.2 Å². The van der Waals surface area contributed by atoms with Gasteiger partial charge in [-0.15, -0.1) is 0 Å². The summed E-state index contributed by atoms with van der Waals surface area (Å²) in [6.07, 6.45) is 0. The molecule has 1 radical (unpaired) electrons. The lowest BCUT2D eigenvalue weighted by Gasteiger charge is -1.94. The number of hydrogen-bond acceptors (Lipinski definition) is 3. The molecule has 0 bridgehead atoms. The molecular weight excluding hydrogens is 107 g/mol. The Bertz CT molecular complexity index is 110. The molecule has 0 aromatic heterocycles. The van der Waals surface area contributed by atoms with E-state index in [0.29, 0.717) is 7.69 Å². The third-order valence-electron chi connectivity index (χ3n) is 0.508. The first-order valence-corrected chi connectivity index (χ1v) is 2.01. The van der Waals surface area contributed by atoms with Gasteiger partial charge < -0.3 is 9.68 Å². The maximum atomic E-state index is 10.2. The van der Waals surface area contributed by atoms with Crippen LogP contribution in [0.3, 0.4) is 0 Å². The van der Waals surface area contributed by atoms with Crippen molar-refractivity contribution in [2.24, 2.45) is 0 Å². The van der Waals surface area contributed by atoms with Gasteiger partial charge in [0, 0.05) is 5.57 Å². The van der Waals surface area contributed by atoms with E-state index < -0.39 is 5.97 Å². The molecule has 4 heteroatoms. The van der Waals surface area contributed by atoms with Crippen molar-refractivity contribution < 1.29 is 14.5 Å². The molecule has 0 heterocycles. The molecule has 1 N–H and O–H groups in total. The van der Waals surface area contributed by atoms with E-state index in [4.69, 9.17) is 5.02 Å². The number of carbonyl (C=O) groups excluding carboxylic acids is 1. The Hall–Kier alpha value is -0.765. The summed E-state index contributed by atoms with van der Waals surface area (Å²) in [4.78, 5) is 10.2. The molecule has 0 aliphatic heterocycles. The van der Waals surface area contributed by atoms with Gasteiger partial charge in [-0.05, 0) is 6.92 Å². The van der Waals surface area contributed by atoms with Crippen LogP contribution < -0.4 is 0 Å². The second kappa shape index (κ2) is 3.26. The second-order valence-corrected chi connectivity index (χ2v) is 1.29. The molecule has 8 heavy (non-hydrogen) atoms. The van der Waals surface area contributed by atoms with E-state index in [9.17, 15) is 4.79 Å². The average Bonchev–Trinajstić information content (AvgIpc) is 1.67. The van der Waals surface area contributed by atoms with Gasteiger partial charge in [-0.25, -0.2) is 4.79 Å². The van der Waals surface area contributed by atoms with Crippen LogP contribution in [0.4, 0.5) is 0 Å². The SMILES string of the molecule is C=C(C)C(=O)O[B]O. The van der Waals surface area contributed by atoms with E-state index in [2.05, 4.69) is 11.2 Å². The van der Waals surface area contributed by atoms with Crippen molar-refractivity contribution in [2.75, 3.05) is 0 Å². The quantitative estimate of drug-likeness (QED) is 0.392. The molecule has 3 nitrogen and oxygen atoms in total. The second-order valence-electron chi connectivity index (χ2n) is 1.29. The van der Waals surface area contributed by atoms with Crippen molar-refractivity contribution in [1.82, 2.24) is 0 Å². The Balaban J connectivity index is 3.49. The van der Waals surface area contributed by atoms with Gasteiger partial charge in [0.1, 0.15) is 0 Å². The van der Waals surface area contributed by atoms with Crippen LogP contribution in [-0.2, 0) is 9.45 Å². The lowest BCUT2D eigenvalue weighted by molar-refractivity contribution is -0.130. The van der Waals surface area contributed by atoms with E-state index in [1.54, 1.807) is 0 Å². The molecule has 0 unspecified atom stereocenters. The summed E-state index contributed by atoms with van der Waals surface area (Å²) in [6, 6.07) is 0. The topological polar surface area (TPSA) is 46.5 Å². The molecule has 0 atom stereocenters. The van der Waals surface area contributed by atoms with Gasteiger partial charge in [0.2, 0.25) is 0 Å². The highest BCUT2D eigenvalue weighted by atomic mass is 16.6. The lowest BCUT2D eigenvalue weighted by Crippen LogP contribution is -2.07. The van der Waals surface area contributed by atoms with Crippen molar-refractivity contribution in [3.63, 3.8) is 0 Å². The predicted molar refractivity (Wildman–Crippen MR) is 28.9 cm³/mol. The van der Waals surface area contributed by atoms with Crippen LogP contribution in [0.1, 0.15) is 6.92 Å². The highest BCUT2D eigenvalue weighted by Gasteiger charge is 2.00. The van der Waals surface area contributed by atoms with Gasteiger partial charge in [-0.2, -0.15) is 0 Å². The maximum Gasteiger partial charge on any atom is 0.571 e. The first-order valence-electron chi connectivity index (χ1n) is 2.01. The fourth-order valence-corrected chi connectivity index (χ4v) is 0.148. The molecule has 0 aliphatic carbocycles. The third-order valence-corrected chi connectivity index (χ3v) is 0.508. The lowest BCUT2D eigenvalue weighted by atomic mass is 10.3. The standard InChI is InChI=1S/C4H6BO3/c1-3(2)4(6)8-5-7/h7H,1H2,2H3. The zero-order chi connectivity index (χ0) is 6.57. The molecule has 43 valence electrons. The Morgan fingerprint density at radius 3 is 2.50 bits per heavy atom. The number of carbonyl (C=O) groups is 1. The van der Waals surface area contributed by atoms with Crippen LogP contribution in [0.2, 0.25) is 0 Å². The van der Waals surface area contributed by atoms with Crippen LogP contribution in [0.25, 0.3) is 0 Å². The smallest absolute Gasteiger partial charge is 0.507 e. The van der Waals surface area contributed by atoms with Gasteiger partial charge >= 0.3 is 13.7 Å². The van der Waals surface area contributed by atoms with Crippen molar-refractivity contribution in [2.45, 2.75) is 6.92 Å². The van der Waals surface area contributed by atoms with Crippen LogP contribution in [0, 0.1) is 0 Å². The fourth-order valence-electron chi connectivity index (χ4n) is 0.148. The molecular formula is C4H6BO3. The summed E-state index contributed by atoms with van der Waals surface area (Å²) < 4.78 is 4.00. The van der Waals surface area contributed by atoms with E-state index >= 15 is 0 Å². The highest BCUT2D eigenvalue weighted by molar-refractivity contribution is 6.21. The minimum absolute atomic E-state index is 0.260. The third kappa shape index (κ3) is 2.42. The fraction of sp³-hybridized carbons (Fsp3) is 0.250. The van der Waals surface area contributed by atoms with Gasteiger partial charge in [-0.1, -0.05) is 6.58 Å². The van der Waals surface area contributed by atoms with Crippen LogP contribution in [0.5, 0.6) is 0 Å². The maximum absolute atomic E-state index is 10.2. The van der Waals surface area contributed by atoms with Gasteiger partial charge in [-0.3, -0.25) is 0 Å². The van der Waals surface area contributed by atoms with E-state index in [-0.39, 0.29) is 5.57 Å². The first kappa shape index (κ1) is 7.23. The monoisotopic (exact) mass is 113 g/mol. The van der Waals surface area contributed by atoms with Crippen molar-refractivity contribution in [3.8, 4) is 0 Å². The molecule has 0 rings (SSSR count). The van der Waals surface area contributed by atoms with Crippen LogP contribution in [-0.4, -0.2) is 18.7 Å².